The second-order valence-corrected chi connectivity index (χ2v) is 5.83. The van der Waals surface area contributed by atoms with Gasteiger partial charge in [-0.05, 0) is 30.2 Å². The zero-order valence-electron chi connectivity index (χ0n) is 12.9. The summed E-state index contributed by atoms with van der Waals surface area (Å²) < 4.78 is 6.18. The highest BCUT2D eigenvalue weighted by Crippen LogP contribution is 2.33. The standard InChI is InChI=1S/C19H24OS/c1-3-19(4-2,15-21)14-20-18-13-9-8-12-17(18)16-10-6-5-7-11-16/h5-13,21H,3-4,14-15H2,1-2H3. The molecule has 0 aliphatic heterocycles. The molecule has 2 rings (SSSR count). The van der Waals surface area contributed by atoms with Gasteiger partial charge in [0.15, 0.2) is 0 Å². The summed E-state index contributed by atoms with van der Waals surface area (Å²) in [7, 11) is 0. The van der Waals surface area contributed by atoms with Gasteiger partial charge in [0.2, 0.25) is 0 Å². The van der Waals surface area contributed by atoms with Gasteiger partial charge in [-0.25, -0.2) is 0 Å². The normalized spacial score (nSPS) is 11.4. The van der Waals surface area contributed by atoms with Gasteiger partial charge in [0, 0.05) is 11.0 Å². The molecule has 0 saturated carbocycles. The Morgan fingerprint density at radius 3 is 2.14 bits per heavy atom. The van der Waals surface area contributed by atoms with E-state index >= 15 is 0 Å². The minimum Gasteiger partial charge on any atom is -0.492 e. The summed E-state index contributed by atoms with van der Waals surface area (Å²) in [6.07, 6.45) is 2.17. The van der Waals surface area contributed by atoms with E-state index in [2.05, 4.69) is 68.9 Å². The smallest absolute Gasteiger partial charge is 0.127 e. The molecule has 0 bridgehead atoms. The average Bonchev–Trinajstić information content (AvgIpc) is 2.58. The molecule has 0 unspecified atom stereocenters. The Morgan fingerprint density at radius 1 is 0.905 bits per heavy atom. The van der Waals surface area contributed by atoms with Crippen molar-refractivity contribution in [1.82, 2.24) is 0 Å². The third-order valence-electron chi connectivity index (χ3n) is 4.34. The lowest BCUT2D eigenvalue weighted by molar-refractivity contribution is 0.157. The van der Waals surface area contributed by atoms with Crippen LogP contribution in [0.25, 0.3) is 11.1 Å². The quantitative estimate of drug-likeness (QED) is 0.667. The first-order valence-electron chi connectivity index (χ1n) is 7.63. The van der Waals surface area contributed by atoms with E-state index in [1.165, 1.54) is 5.56 Å². The van der Waals surface area contributed by atoms with Crippen molar-refractivity contribution in [2.75, 3.05) is 12.4 Å². The van der Waals surface area contributed by atoms with Gasteiger partial charge in [0.05, 0.1) is 6.61 Å². The van der Waals surface area contributed by atoms with Crippen LogP contribution in [0.15, 0.2) is 54.6 Å². The lowest BCUT2D eigenvalue weighted by Crippen LogP contribution is -2.29. The molecule has 21 heavy (non-hydrogen) atoms. The molecule has 0 atom stereocenters. The highest BCUT2D eigenvalue weighted by molar-refractivity contribution is 7.80. The van der Waals surface area contributed by atoms with E-state index in [0.717, 1.165) is 29.9 Å². The minimum absolute atomic E-state index is 0.160. The third-order valence-corrected chi connectivity index (χ3v) is 5.01. The van der Waals surface area contributed by atoms with E-state index in [0.29, 0.717) is 6.61 Å². The summed E-state index contributed by atoms with van der Waals surface area (Å²) in [6.45, 7) is 5.14. The molecule has 0 heterocycles. The summed E-state index contributed by atoms with van der Waals surface area (Å²) in [5.74, 6) is 1.81. The molecule has 0 aliphatic rings. The molecule has 0 spiro atoms. The third kappa shape index (κ3) is 3.82. The molecule has 0 radical (unpaired) electrons. The van der Waals surface area contributed by atoms with Gasteiger partial charge in [-0.3, -0.25) is 0 Å². The maximum atomic E-state index is 6.18. The molecule has 0 fully saturated rings. The van der Waals surface area contributed by atoms with Crippen molar-refractivity contribution in [2.24, 2.45) is 5.41 Å². The van der Waals surface area contributed by atoms with Gasteiger partial charge >= 0.3 is 0 Å². The zero-order chi connectivity index (χ0) is 15.1. The molecular weight excluding hydrogens is 276 g/mol. The predicted molar refractivity (Wildman–Crippen MR) is 94.2 cm³/mol. The molecule has 0 aliphatic carbocycles. The summed E-state index contributed by atoms with van der Waals surface area (Å²) >= 11 is 4.52. The second-order valence-electron chi connectivity index (χ2n) is 5.52. The van der Waals surface area contributed by atoms with E-state index < -0.39 is 0 Å². The first kappa shape index (κ1) is 16.0. The number of hydrogen-bond donors (Lipinski definition) is 1. The molecule has 2 aromatic rings. The van der Waals surface area contributed by atoms with E-state index in [4.69, 9.17) is 4.74 Å². The number of para-hydroxylation sites is 1. The molecule has 0 aromatic heterocycles. The molecule has 1 nitrogen and oxygen atoms in total. The van der Waals surface area contributed by atoms with Gasteiger partial charge in [-0.1, -0.05) is 62.4 Å². The number of benzene rings is 2. The number of ether oxygens (including phenoxy) is 1. The number of hydrogen-bond acceptors (Lipinski definition) is 2. The molecule has 112 valence electrons. The van der Waals surface area contributed by atoms with Crippen molar-refractivity contribution in [1.29, 1.82) is 0 Å². The second kappa shape index (κ2) is 7.56. The highest BCUT2D eigenvalue weighted by atomic mass is 32.1. The first-order valence-corrected chi connectivity index (χ1v) is 8.26. The van der Waals surface area contributed by atoms with Crippen molar-refractivity contribution in [2.45, 2.75) is 26.7 Å². The molecule has 0 saturated heterocycles. The van der Waals surface area contributed by atoms with E-state index in [1.807, 2.05) is 12.1 Å². The fourth-order valence-corrected chi connectivity index (χ4v) is 2.94. The highest BCUT2D eigenvalue weighted by Gasteiger charge is 2.25. The monoisotopic (exact) mass is 300 g/mol. The molecule has 0 amide bonds. The van der Waals surface area contributed by atoms with Gasteiger partial charge in [0.1, 0.15) is 5.75 Å². The van der Waals surface area contributed by atoms with E-state index in [9.17, 15) is 0 Å². The van der Waals surface area contributed by atoms with Crippen molar-refractivity contribution >= 4 is 12.6 Å². The lowest BCUT2D eigenvalue weighted by atomic mass is 9.85. The Morgan fingerprint density at radius 2 is 1.52 bits per heavy atom. The van der Waals surface area contributed by atoms with Gasteiger partial charge in [0.25, 0.3) is 0 Å². The molecule has 2 aromatic carbocycles. The lowest BCUT2D eigenvalue weighted by Gasteiger charge is -2.30. The van der Waals surface area contributed by atoms with Gasteiger partial charge < -0.3 is 4.74 Å². The summed E-state index contributed by atoms with van der Waals surface area (Å²) in [6, 6.07) is 18.6. The van der Waals surface area contributed by atoms with Crippen LogP contribution in [0.2, 0.25) is 0 Å². The SMILES string of the molecule is CCC(CC)(CS)COc1ccccc1-c1ccccc1. The Kier molecular flexibility index (Phi) is 5.75. The Balaban J connectivity index is 2.22. The number of thiol groups is 1. The van der Waals surface area contributed by atoms with E-state index in [1.54, 1.807) is 0 Å². The Labute approximate surface area is 133 Å². The maximum Gasteiger partial charge on any atom is 0.127 e. The zero-order valence-corrected chi connectivity index (χ0v) is 13.8. The fraction of sp³-hybridized carbons (Fsp3) is 0.368. The van der Waals surface area contributed by atoms with Crippen molar-refractivity contribution < 1.29 is 4.74 Å². The van der Waals surface area contributed by atoms with Crippen LogP contribution < -0.4 is 4.74 Å². The number of rotatable bonds is 7. The van der Waals surface area contributed by atoms with Crippen LogP contribution in [0.3, 0.4) is 0 Å². The van der Waals surface area contributed by atoms with Crippen LogP contribution >= 0.6 is 12.6 Å². The first-order chi connectivity index (χ1) is 10.2. The molecule has 0 N–H and O–H groups in total. The van der Waals surface area contributed by atoms with Crippen LogP contribution in [-0.2, 0) is 0 Å². The summed E-state index contributed by atoms with van der Waals surface area (Å²) in [5.41, 5.74) is 2.50. The van der Waals surface area contributed by atoms with Crippen LogP contribution in [0.1, 0.15) is 26.7 Å². The Hall–Kier alpha value is -1.41. The Bertz CT molecular complexity index is 538. The van der Waals surface area contributed by atoms with Crippen LogP contribution in [0, 0.1) is 5.41 Å². The largest absolute Gasteiger partial charge is 0.492 e. The van der Waals surface area contributed by atoms with Crippen molar-refractivity contribution in [3.05, 3.63) is 54.6 Å². The van der Waals surface area contributed by atoms with Gasteiger partial charge in [-0.2, -0.15) is 12.6 Å². The maximum absolute atomic E-state index is 6.18. The minimum atomic E-state index is 0.160. The van der Waals surface area contributed by atoms with Crippen LogP contribution in [-0.4, -0.2) is 12.4 Å². The van der Waals surface area contributed by atoms with Crippen LogP contribution in [0.4, 0.5) is 0 Å². The summed E-state index contributed by atoms with van der Waals surface area (Å²) in [4.78, 5) is 0. The fourth-order valence-electron chi connectivity index (χ4n) is 2.40. The molecule has 2 heteroatoms. The van der Waals surface area contributed by atoms with Crippen molar-refractivity contribution in [3.8, 4) is 16.9 Å². The molecular formula is C19H24OS. The average molecular weight is 300 g/mol. The predicted octanol–water partition coefficient (Wildman–Crippen LogP) is 5.47. The summed E-state index contributed by atoms with van der Waals surface area (Å²) in [5, 5.41) is 0. The van der Waals surface area contributed by atoms with E-state index in [-0.39, 0.29) is 5.41 Å². The topological polar surface area (TPSA) is 9.23 Å². The van der Waals surface area contributed by atoms with Crippen LogP contribution in [0.5, 0.6) is 5.75 Å². The van der Waals surface area contributed by atoms with Gasteiger partial charge in [-0.15, -0.1) is 0 Å². The van der Waals surface area contributed by atoms with Crippen molar-refractivity contribution in [3.63, 3.8) is 0 Å².